The van der Waals surface area contributed by atoms with Crippen molar-refractivity contribution in [3.63, 3.8) is 0 Å². The minimum Gasteiger partial charge on any atom is -0.456 e. The molecule has 5 heteroatoms. The normalized spacial score (nSPS) is 12.5. The molecule has 0 spiro atoms. The van der Waals surface area contributed by atoms with Crippen LogP contribution < -0.4 is 0 Å². The fraction of sp³-hybridized carbons (Fsp3) is 0. The Hall–Kier alpha value is -6.72. The summed E-state index contributed by atoms with van der Waals surface area (Å²) in [5.74, 6) is 1.56. The first-order valence-electron chi connectivity index (χ1n) is 16.6. The molecule has 5 aromatic heterocycles. The van der Waals surface area contributed by atoms with Crippen molar-refractivity contribution in [2.45, 2.75) is 0 Å². The largest absolute Gasteiger partial charge is 0.456 e. The van der Waals surface area contributed by atoms with E-state index in [4.69, 9.17) is 14.4 Å². The zero-order valence-corrected chi connectivity index (χ0v) is 26.1. The summed E-state index contributed by atoms with van der Waals surface area (Å²) in [6.45, 7) is 0. The maximum absolute atomic E-state index is 6.58. The molecule has 0 unspecified atom stereocenters. The lowest BCUT2D eigenvalue weighted by molar-refractivity contribution is 0.669. The van der Waals surface area contributed by atoms with Crippen LogP contribution in [0.4, 0.5) is 0 Å². The Morgan fingerprint density at radius 3 is 1.92 bits per heavy atom. The van der Waals surface area contributed by atoms with Gasteiger partial charge < -0.3 is 8.82 Å². The Morgan fingerprint density at radius 2 is 1.06 bits per heavy atom. The van der Waals surface area contributed by atoms with Gasteiger partial charge in [-0.25, -0.2) is 9.97 Å². The van der Waals surface area contributed by atoms with Gasteiger partial charge in [0.25, 0.3) is 0 Å². The molecule has 0 aliphatic heterocycles. The monoisotopic (exact) mass is 624 g/mol. The van der Waals surface area contributed by atoms with Crippen molar-refractivity contribution in [3.05, 3.63) is 146 Å². The van der Waals surface area contributed by atoms with Gasteiger partial charge in [-0.05, 0) is 53.9 Å². The van der Waals surface area contributed by atoms with Crippen molar-refractivity contribution in [2.24, 2.45) is 0 Å². The van der Waals surface area contributed by atoms with Gasteiger partial charge in [-0.15, -0.1) is 0 Å². The van der Waals surface area contributed by atoms with Crippen LogP contribution in [0.5, 0.6) is 0 Å². The summed E-state index contributed by atoms with van der Waals surface area (Å²) in [5, 5.41) is 10.4. The van der Waals surface area contributed by atoms with Crippen LogP contribution in [0.1, 0.15) is 0 Å². The number of hydrogen-bond acceptors (Lipinski definition) is 3. The molecule has 0 radical (unpaired) electrons. The number of hydrogen-bond donors (Lipinski definition) is 0. The van der Waals surface area contributed by atoms with E-state index in [-0.39, 0.29) is 0 Å². The van der Waals surface area contributed by atoms with E-state index in [0.29, 0.717) is 5.82 Å². The van der Waals surface area contributed by atoms with Gasteiger partial charge in [0.05, 0.1) is 38.5 Å². The van der Waals surface area contributed by atoms with Crippen molar-refractivity contribution in [1.82, 2.24) is 18.9 Å². The first-order valence-corrected chi connectivity index (χ1v) is 16.6. The summed E-state index contributed by atoms with van der Waals surface area (Å²) in [7, 11) is 0. The average molecular weight is 625 g/mol. The molecule has 0 aliphatic carbocycles. The zero-order valence-electron chi connectivity index (χ0n) is 26.1. The lowest BCUT2D eigenvalue weighted by atomic mass is 10.0. The van der Waals surface area contributed by atoms with Crippen molar-refractivity contribution in [1.29, 1.82) is 0 Å². The molecule has 0 amide bonds. The molecule has 0 saturated heterocycles. The van der Waals surface area contributed by atoms with Crippen LogP contribution in [-0.2, 0) is 0 Å². The Labute approximate surface area is 278 Å². The van der Waals surface area contributed by atoms with E-state index in [1.54, 1.807) is 0 Å². The number of para-hydroxylation sites is 3. The van der Waals surface area contributed by atoms with E-state index in [0.717, 1.165) is 66.2 Å². The highest BCUT2D eigenvalue weighted by atomic mass is 16.3. The first kappa shape index (κ1) is 25.4. The zero-order chi connectivity index (χ0) is 31.8. The molecule has 0 bridgehead atoms. The maximum Gasteiger partial charge on any atom is 0.162 e. The molecule has 0 saturated carbocycles. The van der Waals surface area contributed by atoms with Gasteiger partial charge >= 0.3 is 0 Å². The van der Waals surface area contributed by atoms with Crippen LogP contribution in [0.15, 0.2) is 150 Å². The summed E-state index contributed by atoms with van der Waals surface area (Å²) in [4.78, 5) is 10.5. The van der Waals surface area contributed by atoms with Crippen LogP contribution in [0.3, 0.4) is 0 Å². The van der Waals surface area contributed by atoms with E-state index in [9.17, 15) is 0 Å². The van der Waals surface area contributed by atoms with Crippen LogP contribution >= 0.6 is 0 Å². The van der Waals surface area contributed by atoms with Gasteiger partial charge in [-0.3, -0.25) is 4.57 Å². The van der Waals surface area contributed by atoms with Gasteiger partial charge in [-0.1, -0.05) is 97.1 Å². The highest BCUT2D eigenvalue weighted by Gasteiger charge is 2.26. The Bertz CT molecular complexity index is 3330. The second-order valence-corrected chi connectivity index (χ2v) is 12.9. The smallest absolute Gasteiger partial charge is 0.162 e. The molecule has 0 fully saturated rings. The lowest BCUT2D eigenvalue weighted by Crippen LogP contribution is -2.03. The Morgan fingerprint density at radius 1 is 0.429 bits per heavy atom. The number of furan rings is 1. The van der Waals surface area contributed by atoms with Gasteiger partial charge in [0, 0.05) is 43.3 Å². The summed E-state index contributed by atoms with van der Waals surface area (Å²) in [5.41, 5.74) is 9.40. The standard InChI is InChI=1S/C44H24N4O/c1-2-12-25(13-3-1)43-45-32-18-7-4-16-28(32)44(46-43)48-34-20-9-6-15-27(34)31-24-30-26-14-5-8-19-33(26)47-35-21-11-23-37-40(35)38-29(17-10-22-36(38)49-37)39(41(30)47)42(31)48/h1-24H. The van der Waals surface area contributed by atoms with Crippen LogP contribution in [-0.4, -0.2) is 18.9 Å². The topological polar surface area (TPSA) is 48.3 Å². The fourth-order valence-corrected chi connectivity index (χ4v) is 8.49. The van der Waals surface area contributed by atoms with E-state index in [1.807, 2.05) is 18.2 Å². The molecule has 7 aromatic carbocycles. The molecular weight excluding hydrogens is 601 g/mol. The van der Waals surface area contributed by atoms with Gasteiger partial charge in [0.2, 0.25) is 0 Å². The number of benzene rings is 7. The Kier molecular flexibility index (Phi) is 4.66. The minimum atomic E-state index is 0.701. The second-order valence-electron chi connectivity index (χ2n) is 12.9. The highest BCUT2D eigenvalue weighted by molar-refractivity contribution is 6.36. The van der Waals surface area contributed by atoms with Crippen molar-refractivity contribution in [2.75, 3.05) is 0 Å². The third kappa shape index (κ3) is 3.15. The van der Waals surface area contributed by atoms with Crippen LogP contribution in [0.2, 0.25) is 0 Å². The SMILES string of the molecule is c1ccc(-c2nc(-n3c4ccccc4c4cc5c6ccccc6n6c7cccc8oc9cccc(c9c87)c(c43)c56)c3ccccc3n2)cc1. The van der Waals surface area contributed by atoms with Gasteiger partial charge in [0.1, 0.15) is 17.0 Å². The van der Waals surface area contributed by atoms with Crippen LogP contribution in [0.25, 0.3) is 110 Å². The predicted molar refractivity (Wildman–Crippen MR) is 201 cm³/mol. The summed E-state index contributed by atoms with van der Waals surface area (Å²) in [6.07, 6.45) is 0. The minimum absolute atomic E-state index is 0.701. The summed E-state index contributed by atoms with van der Waals surface area (Å²) >= 11 is 0. The van der Waals surface area contributed by atoms with Gasteiger partial charge in [-0.2, -0.15) is 0 Å². The number of rotatable bonds is 2. The average Bonchev–Trinajstić information content (AvgIpc) is 3.79. The van der Waals surface area contributed by atoms with E-state index >= 15 is 0 Å². The lowest BCUT2D eigenvalue weighted by Gasteiger charge is -2.14. The summed E-state index contributed by atoms with van der Waals surface area (Å²) in [6, 6.07) is 51.5. The quantitative estimate of drug-likeness (QED) is 0.192. The molecule has 5 heterocycles. The van der Waals surface area contributed by atoms with Crippen LogP contribution in [0, 0.1) is 0 Å². The third-order valence-electron chi connectivity index (χ3n) is 10.4. The molecular formula is C44H24N4O. The molecule has 0 aliphatic rings. The number of fused-ring (bicyclic) bond motifs is 10. The Balaban J connectivity index is 1.43. The molecule has 12 rings (SSSR count). The van der Waals surface area contributed by atoms with Gasteiger partial charge in [0.15, 0.2) is 5.82 Å². The molecule has 0 atom stereocenters. The summed E-state index contributed by atoms with van der Waals surface area (Å²) < 4.78 is 11.4. The van der Waals surface area contributed by atoms with E-state index < -0.39 is 0 Å². The van der Waals surface area contributed by atoms with Crippen molar-refractivity contribution >= 4 is 92.7 Å². The molecule has 12 aromatic rings. The maximum atomic E-state index is 6.58. The molecule has 5 nitrogen and oxygen atoms in total. The van der Waals surface area contributed by atoms with E-state index in [1.165, 1.54) is 38.0 Å². The predicted octanol–water partition coefficient (Wildman–Crippen LogP) is 11.4. The number of nitrogens with zero attached hydrogens (tertiary/aromatic N) is 4. The molecule has 0 N–H and O–H groups in total. The first-order chi connectivity index (χ1) is 24.3. The fourth-order valence-electron chi connectivity index (χ4n) is 8.49. The molecule has 226 valence electrons. The van der Waals surface area contributed by atoms with Crippen molar-refractivity contribution < 1.29 is 4.42 Å². The third-order valence-corrected chi connectivity index (χ3v) is 10.4. The van der Waals surface area contributed by atoms with E-state index in [2.05, 4.69) is 136 Å². The number of aromatic nitrogens is 4. The highest BCUT2D eigenvalue weighted by Crippen LogP contribution is 2.48. The van der Waals surface area contributed by atoms with Crippen molar-refractivity contribution in [3.8, 4) is 17.2 Å². The molecule has 49 heavy (non-hydrogen) atoms. The second kappa shape index (κ2) is 9.00.